The van der Waals surface area contributed by atoms with Crippen molar-refractivity contribution in [1.82, 2.24) is 4.72 Å². The molecule has 0 fully saturated rings. The summed E-state index contributed by atoms with van der Waals surface area (Å²) in [4.78, 5) is 22.1. The number of nitro groups is 1. The number of para-hydroxylation sites is 1. The van der Waals surface area contributed by atoms with Crippen LogP contribution in [-0.4, -0.2) is 39.1 Å². The molecule has 1 aromatic heterocycles. The quantitative estimate of drug-likeness (QED) is 0.168. The number of carbonyl (C=O) groups excluding carboxylic acids is 1. The second-order valence-electron chi connectivity index (χ2n) is 6.69. The molecule has 3 aromatic rings. The lowest BCUT2D eigenvalue weighted by molar-refractivity contribution is -0.384. The summed E-state index contributed by atoms with van der Waals surface area (Å²) in [5.74, 6) is -0.960. The zero-order valence-corrected chi connectivity index (χ0v) is 18.4. The Hall–Kier alpha value is -3.97. The van der Waals surface area contributed by atoms with Crippen LogP contribution in [0.2, 0.25) is 0 Å². The van der Waals surface area contributed by atoms with E-state index in [-0.39, 0.29) is 31.2 Å². The summed E-state index contributed by atoms with van der Waals surface area (Å²) in [7, 11) is -4.25. The molecule has 0 spiro atoms. The summed E-state index contributed by atoms with van der Waals surface area (Å²) >= 11 is 0. The van der Waals surface area contributed by atoms with Crippen LogP contribution in [-0.2, 0) is 26.1 Å². The molecule has 180 valence electrons. The number of furan rings is 1. The third kappa shape index (κ3) is 6.76. The van der Waals surface area contributed by atoms with Crippen LogP contribution in [0.1, 0.15) is 5.76 Å². The Kier molecular flexibility index (Phi) is 8.16. The third-order valence-corrected chi connectivity index (χ3v) is 5.76. The summed E-state index contributed by atoms with van der Waals surface area (Å²) in [6.07, 6.45) is 1.45. The van der Waals surface area contributed by atoms with Crippen LogP contribution in [0, 0.1) is 15.9 Å². The molecule has 11 nitrogen and oxygen atoms in total. The van der Waals surface area contributed by atoms with Gasteiger partial charge in [0.25, 0.3) is 5.69 Å². The Balaban J connectivity index is 1.53. The van der Waals surface area contributed by atoms with Crippen molar-refractivity contribution in [2.24, 2.45) is 0 Å². The number of ether oxygens (including phenoxy) is 2. The number of benzene rings is 2. The number of halogens is 1. The summed E-state index contributed by atoms with van der Waals surface area (Å²) in [5, 5.41) is 14.2. The van der Waals surface area contributed by atoms with Gasteiger partial charge in [-0.1, -0.05) is 12.1 Å². The number of hydrogen-bond acceptors (Lipinski definition) is 9. The molecule has 0 aliphatic heterocycles. The molecule has 0 unspecified atom stereocenters. The Labute approximate surface area is 193 Å². The topological polar surface area (TPSA) is 150 Å². The van der Waals surface area contributed by atoms with Gasteiger partial charge in [0.15, 0.2) is 11.6 Å². The monoisotopic (exact) mass is 493 g/mol. The number of sulfonamides is 1. The predicted octanol–water partition coefficient (Wildman–Crippen LogP) is 2.84. The molecule has 0 aliphatic carbocycles. The maximum absolute atomic E-state index is 13.4. The molecule has 3 rings (SSSR count). The number of nitrogens with one attached hydrogen (secondary N) is 2. The zero-order chi connectivity index (χ0) is 24.6. The maximum atomic E-state index is 13.4. The number of rotatable bonds is 12. The first-order valence-electron chi connectivity index (χ1n) is 9.83. The first kappa shape index (κ1) is 24.7. The van der Waals surface area contributed by atoms with E-state index in [0.717, 1.165) is 12.1 Å². The third-order valence-electron chi connectivity index (χ3n) is 4.36. The van der Waals surface area contributed by atoms with Gasteiger partial charge in [-0.05, 0) is 36.4 Å². The van der Waals surface area contributed by atoms with Crippen molar-refractivity contribution in [3.8, 4) is 5.75 Å². The molecule has 34 heavy (non-hydrogen) atoms. The average molecular weight is 493 g/mol. The van der Waals surface area contributed by atoms with Gasteiger partial charge in [-0.25, -0.2) is 12.8 Å². The van der Waals surface area contributed by atoms with Crippen LogP contribution >= 0.6 is 0 Å². The van der Waals surface area contributed by atoms with Gasteiger partial charge >= 0.3 is 5.97 Å². The second kappa shape index (κ2) is 11.2. The van der Waals surface area contributed by atoms with Crippen molar-refractivity contribution in [2.45, 2.75) is 11.4 Å². The highest BCUT2D eigenvalue weighted by molar-refractivity contribution is 7.89. The molecule has 13 heteroatoms. The normalized spacial score (nSPS) is 11.1. The van der Waals surface area contributed by atoms with Crippen molar-refractivity contribution in [2.75, 3.05) is 25.1 Å². The van der Waals surface area contributed by atoms with E-state index in [1.165, 1.54) is 30.5 Å². The van der Waals surface area contributed by atoms with E-state index < -0.39 is 43.9 Å². The van der Waals surface area contributed by atoms with Gasteiger partial charge in [-0.3, -0.25) is 14.9 Å². The number of anilines is 1. The molecule has 0 atom stereocenters. The van der Waals surface area contributed by atoms with Crippen LogP contribution in [0.4, 0.5) is 15.8 Å². The number of esters is 1. The van der Waals surface area contributed by atoms with Crippen LogP contribution in [0.15, 0.2) is 70.2 Å². The Morgan fingerprint density at radius 3 is 2.62 bits per heavy atom. The lowest BCUT2D eigenvalue weighted by atomic mass is 10.2. The smallest absolute Gasteiger partial charge is 0.321 e. The maximum Gasteiger partial charge on any atom is 0.321 e. The van der Waals surface area contributed by atoms with Crippen molar-refractivity contribution in [1.29, 1.82) is 0 Å². The van der Waals surface area contributed by atoms with Crippen LogP contribution in [0.3, 0.4) is 0 Å². The largest absolute Gasteiger partial charge is 0.487 e. The summed E-state index contributed by atoms with van der Waals surface area (Å²) < 4.78 is 55.5. The fraction of sp³-hybridized carbons (Fsp3) is 0.190. The predicted molar refractivity (Wildman–Crippen MR) is 117 cm³/mol. The standard InChI is InChI=1S/C21H20FN3O8S/c22-17-5-1-2-6-20(17)32-10-11-33-21(26)14-24-34(29,30)16-7-8-18(19(12-16)25(27)28)23-13-15-4-3-9-31-15/h1-9,12,23-24H,10-11,13-14H2. The molecule has 1 heterocycles. The molecule has 0 aliphatic rings. The molecule has 2 N–H and O–H groups in total. The van der Waals surface area contributed by atoms with E-state index >= 15 is 0 Å². The van der Waals surface area contributed by atoms with Crippen LogP contribution < -0.4 is 14.8 Å². The van der Waals surface area contributed by atoms with Gasteiger partial charge in [0.1, 0.15) is 31.2 Å². The van der Waals surface area contributed by atoms with E-state index in [1.54, 1.807) is 18.2 Å². The van der Waals surface area contributed by atoms with Crippen molar-refractivity contribution < 1.29 is 36.4 Å². The summed E-state index contributed by atoms with van der Waals surface area (Å²) in [6.45, 7) is -0.937. The highest BCUT2D eigenvalue weighted by atomic mass is 32.2. The van der Waals surface area contributed by atoms with Crippen molar-refractivity contribution in [3.05, 3.63) is 82.6 Å². The molecule has 0 saturated heterocycles. The molecule has 0 bridgehead atoms. The molecule has 0 saturated carbocycles. The zero-order valence-electron chi connectivity index (χ0n) is 17.6. The Morgan fingerprint density at radius 1 is 1.12 bits per heavy atom. The van der Waals surface area contributed by atoms with Gasteiger partial charge in [-0.15, -0.1) is 0 Å². The van der Waals surface area contributed by atoms with E-state index in [2.05, 4.69) is 5.32 Å². The van der Waals surface area contributed by atoms with Crippen LogP contribution in [0.25, 0.3) is 0 Å². The SMILES string of the molecule is O=C(CNS(=O)(=O)c1ccc(NCc2ccco2)c([N+](=O)[O-])c1)OCCOc1ccccc1F. The van der Waals surface area contributed by atoms with Crippen molar-refractivity contribution in [3.63, 3.8) is 0 Å². The van der Waals surface area contributed by atoms with Crippen molar-refractivity contribution >= 4 is 27.4 Å². The average Bonchev–Trinajstić information content (AvgIpc) is 3.34. The molecular weight excluding hydrogens is 473 g/mol. The number of hydrogen-bond donors (Lipinski definition) is 2. The van der Waals surface area contributed by atoms with Gasteiger partial charge < -0.3 is 19.2 Å². The van der Waals surface area contributed by atoms with E-state index in [4.69, 9.17) is 13.9 Å². The first-order valence-corrected chi connectivity index (χ1v) is 11.3. The lowest BCUT2D eigenvalue weighted by Gasteiger charge is -2.10. The summed E-state index contributed by atoms with van der Waals surface area (Å²) in [5.41, 5.74) is -0.378. The van der Waals surface area contributed by atoms with Gasteiger partial charge in [0, 0.05) is 6.07 Å². The highest BCUT2D eigenvalue weighted by Crippen LogP contribution is 2.28. The van der Waals surface area contributed by atoms with E-state index in [9.17, 15) is 27.7 Å². The highest BCUT2D eigenvalue weighted by Gasteiger charge is 2.22. The minimum atomic E-state index is -4.25. The van der Waals surface area contributed by atoms with E-state index in [1.807, 2.05) is 4.72 Å². The second-order valence-corrected chi connectivity index (χ2v) is 8.46. The molecule has 2 aromatic carbocycles. The molecule has 0 radical (unpaired) electrons. The summed E-state index contributed by atoms with van der Waals surface area (Å²) in [6, 6.07) is 12.3. The fourth-order valence-corrected chi connectivity index (χ4v) is 3.72. The van der Waals surface area contributed by atoms with Crippen LogP contribution in [0.5, 0.6) is 5.75 Å². The lowest BCUT2D eigenvalue weighted by Crippen LogP contribution is -2.31. The number of carbonyl (C=O) groups is 1. The minimum absolute atomic E-state index is 0.0112. The number of nitrogens with zero attached hydrogens (tertiary/aromatic N) is 1. The van der Waals surface area contributed by atoms with Gasteiger partial charge in [0.2, 0.25) is 10.0 Å². The Bertz CT molecular complexity index is 1250. The molecular formula is C21H20FN3O8S. The van der Waals surface area contributed by atoms with Gasteiger partial charge in [-0.2, -0.15) is 4.72 Å². The minimum Gasteiger partial charge on any atom is -0.487 e. The number of nitro benzene ring substituents is 1. The fourth-order valence-electron chi connectivity index (χ4n) is 2.73. The molecule has 0 amide bonds. The first-order chi connectivity index (χ1) is 16.3. The Morgan fingerprint density at radius 2 is 1.91 bits per heavy atom. The van der Waals surface area contributed by atoms with E-state index in [0.29, 0.717) is 5.76 Å². The van der Waals surface area contributed by atoms with Gasteiger partial charge in [0.05, 0.1) is 22.6 Å².